The molecule has 0 bridgehead atoms. The zero-order valence-electron chi connectivity index (χ0n) is 15.1. The fourth-order valence-electron chi connectivity index (χ4n) is 3.30. The molecule has 0 saturated heterocycles. The van der Waals surface area contributed by atoms with Crippen molar-refractivity contribution >= 4 is 28.6 Å². The number of aromatic hydroxyl groups is 2. The molecule has 0 amide bonds. The molecule has 0 unspecified atom stereocenters. The van der Waals surface area contributed by atoms with E-state index in [9.17, 15) is 38.7 Å². The van der Waals surface area contributed by atoms with Gasteiger partial charge in [0.1, 0.15) is 17.2 Å². The summed E-state index contributed by atoms with van der Waals surface area (Å²) in [7, 11) is 0. The van der Waals surface area contributed by atoms with Crippen molar-refractivity contribution in [1.29, 1.82) is 0 Å². The number of halogens is 3. The summed E-state index contributed by atoms with van der Waals surface area (Å²) in [6.45, 7) is 0. The minimum atomic E-state index is -1.84. The van der Waals surface area contributed by atoms with Crippen LogP contribution in [0, 0.1) is 27.6 Å². The number of fused-ring (bicyclic) bond motifs is 2. The zero-order chi connectivity index (χ0) is 22.6. The highest BCUT2D eigenvalue weighted by molar-refractivity contribution is 6.30. The smallest absolute Gasteiger partial charge is 0.269 e. The van der Waals surface area contributed by atoms with Crippen LogP contribution in [0.2, 0.25) is 0 Å². The van der Waals surface area contributed by atoms with Crippen LogP contribution in [0.25, 0.3) is 0 Å². The number of ketones is 2. The van der Waals surface area contributed by atoms with Gasteiger partial charge in [0.25, 0.3) is 5.69 Å². The van der Waals surface area contributed by atoms with Gasteiger partial charge < -0.3 is 15.5 Å². The van der Waals surface area contributed by atoms with E-state index in [0.29, 0.717) is 0 Å². The van der Waals surface area contributed by atoms with Gasteiger partial charge in [-0.1, -0.05) is 0 Å². The molecule has 0 heterocycles. The second-order valence-electron chi connectivity index (χ2n) is 6.51. The van der Waals surface area contributed by atoms with E-state index < -0.39 is 73.4 Å². The number of nitrogens with zero attached hydrogens (tertiary/aromatic N) is 1. The van der Waals surface area contributed by atoms with E-state index in [1.165, 1.54) is 0 Å². The molecule has 0 aromatic heterocycles. The number of nitro benzene ring substituents is 1. The molecule has 1 aliphatic carbocycles. The number of carbonyl (C=O) groups excluding carboxylic acids is 2. The number of phenols is 2. The van der Waals surface area contributed by atoms with Gasteiger partial charge in [0.15, 0.2) is 17.5 Å². The lowest BCUT2D eigenvalue weighted by molar-refractivity contribution is -0.384. The molecule has 8 nitrogen and oxygen atoms in total. The van der Waals surface area contributed by atoms with Gasteiger partial charge in [0, 0.05) is 17.8 Å². The Morgan fingerprint density at radius 2 is 1.23 bits per heavy atom. The van der Waals surface area contributed by atoms with E-state index in [0.717, 1.165) is 36.4 Å². The molecule has 11 heteroatoms. The quantitative estimate of drug-likeness (QED) is 0.194. The lowest BCUT2D eigenvalue weighted by Crippen LogP contribution is -2.26. The van der Waals surface area contributed by atoms with Gasteiger partial charge in [-0.3, -0.25) is 19.7 Å². The van der Waals surface area contributed by atoms with Crippen molar-refractivity contribution < 1.29 is 37.9 Å². The van der Waals surface area contributed by atoms with Crippen molar-refractivity contribution in [3.8, 4) is 11.5 Å². The maximum atomic E-state index is 15.1. The van der Waals surface area contributed by atoms with Gasteiger partial charge in [-0.2, -0.15) is 0 Å². The Morgan fingerprint density at radius 3 is 1.71 bits per heavy atom. The van der Waals surface area contributed by atoms with Gasteiger partial charge >= 0.3 is 0 Å². The summed E-state index contributed by atoms with van der Waals surface area (Å²) >= 11 is 0. The SMILES string of the molecule is O=C1c2c(O)ccc(O)c2C(=O)c2c(F)c(Nc3ccc([N+](=O)[O-])cc3)c(F)c(F)c21. The number of benzene rings is 3. The maximum Gasteiger partial charge on any atom is 0.269 e. The van der Waals surface area contributed by atoms with E-state index in [1.807, 2.05) is 0 Å². The molecule has 31 heavy (non-hydrogen) atoms. The van der Waals surface area contributed by atoms with Crippen LogP contribution in [-0.4, -0.2) is 26.7 Å². The molecular weight excluding hydrogens is 421 g/mol. The standard InChI is InChI=1S/C20H9F3N2O6/c21-15-13-14(20(29)12-10(27)6-5-9(26)11(12)19(13)28)16(22)18(17(15)23)24-7-1-3-8(4-2-7)25(30)31/h1-6,24,26-27H. The molecule has 3 aromatic rings. The first kappa shape index (κ1) is 19.9. The summed E-state index contributed by atoms with van der Waals surface area (Å²) in [5.41, 5.74) is -5.36. The number of non-ortho nitro benzene ring substituents is 1. The summed E-state index contributed by atoms with van der Waals surface area (Å²) in [5.74, 6) is -9.52. The van der Waals surface area contributed by atoms with Crippen molar-refractivity contribution in [2.75, 3.05) is 5.32 Å². The van der Waals surface area contributed by atoms with Crippen LogP contribution in [0.5, 0.6) is 11.5 Å². The summed E-state index contributed by atoms with van der Waals surface area (Å²) in [5, 5.41) is 32.7. The first-order valence-electron chi connectivity index (χ1n) is 8.49. The third kappa shape index (κ3) is 2.86. The highest BCUT2D eigenvalue weighted by Gasteiger charge is 2.41. The second-order valence-corrected chi connectivity index (χ2v) is 6.51. The van der Waals surface area contributed by atoms with E-state index in [-0.39, 0.29) is 11.4 Å². The predicted molar refractivity (Wildman–Crippen MR) is 99.3 cm³/mol. The Labute approximate surface area is 170 Å². The first-order chi connectivity index (χ1) is 14.6. The second kappa shape index (κ2) is 6.83. The van der Waals surface area contributed by atoms with Crippen LogP contribution in [0.15, 0.2) is 36.4 Å². The molecule has 0 saturated carbocycles. The average Bonchev–Trinajstić information content (AvgIpc) is 2.74. The first-order valence-corrected chi connectivity index (χ1v) is 8.49. The summed E-state index contributed by atoms with van der Waals surface area (Å²) < 4.78 is 44.5. The monoisotopic (exact) mass is 430 g/mol. The largest absolute Gasteiger partial charge is 0.507 e. The van der Waals surface area contributed by atoms with E-state index in [2.05, 4.69) is 5.32 Å². The Bertz CT molecular complexity index is 1320. The number of nitro groups is 1. The molecule has 0 fully saturated rings. The highest BCUT2D eigenvalue weighted by atomic mass is 19.2. The Hall–Kier alpha value is -4.41. The highest BCUT2D eigenvalue weighted by Crippen LogP contribution is 2.42. The molecule has 0 radical (unpaired) electrons. The van der Waals surface area contributed by atoms with Crippen LogP contribution in [0.1, 0.15) is 31.8 Å². The van der Waals surface area contributed by atoms with Gasteiger partial charge in [0.05, 0.1) is 27.2 Å². The third-order valence-corrected chi connectivity index (χ3v) is 4.74. The summed E-state index contributed by atoms with van der Waals surface area (Å²) in [6.07, 6.45) is 0. The topological polar surface area (TPSA) is 130 Å². The molecule has 0 aliphatic heterocycles. The Morgan fingerprint density at radius 1 is 0.742 bits per heavy atom. The molecule has 0 atom stereocenters. The van der Waals surface area contributed by atoms with Crippen molar-refractivity contribution in [2.24, 2.45) is 0 Å². The number of anilines is 2. The van der Waals surface area contributed by atoms with Crippen molar-refractivity contribution in [3.63, 3.8) is 0 Å². The van der Waals surface area contributed by atoms with Crippen LogP contribution >= 0.6 is 0 Å². The third-order valence-electron chi connectivity index (χ3n) is 4.74. The molecule has 3 aromatic carbocycles. The van der Waals surface area contributed by atoms with E-state index >= 15 is 4.39 Å². The summed E-state index contributed by atoms with van der Waals surface area (Å²) in [6, 6.07) is 6.01. The maximum absolute atomic E-state index is 15.1. The van der Waals surface area contributed by atoms with Crippen LogP contribution in [0.4, 0.5) is 30.2 Å². The molecular formula is C20H9F3N2O6. The minimum absolute atomic E-state index is 0.0711. The normalized spacial score (nSPS) is 12.4. The van der Waals surface area contributed by atoms with Crippen LogP contribution < -0.4 is 5.32 Å². The van der Waals surface area contributed by atoms with Gasteiger partial charge in [0.2, 0.25) is 11.6 Å². The number of rotatable bonds is 3. The van der Waals surface area contributed by atoms with Crippen molar-refractivity contribution in [2.45, 2.75) is 0 Å². The average molecular weight is 430 g/mol. The van der Waals surface area contributed by atoms with Crippen molar-refractivity contribution in [3.05, 3.63) is 86.2 Å². The predicted octanol–water partition coefficient (Wildman–Crippen LogP) is 3.94. The number of phenolic OH excluding ortho intramolecular Hbond substituents is 2. The van der Waals surface area contributed by atoms with Gasteiger partial charge in [-0.05, 0) is 24.3 Å². The number of hydrogen-bond acceptors (Lipinski definition) is 7. The number of hydrogen-bond donors (Lipinski definition) is 3. The van der Waals surface area contributed by atoms with Gasteiger partial charge in [-0.15, -0.1) is 0 Å². The fourth-order valence-corrected chi connectivity index (χ4v) is 3.30. The zero-order valence-corrected chi connectivity index (χ0v) is 15.1. The van der Waals surface area contributed by atoms with Crippen LogP contribution in [-0.2, 0) is 0 Å². The number of carbonyl (C=O) groups is 2. The molecule has 1 aliphatic rings. The van der Waals surface area contributed by atoms with Crippen molar-refractivity contribution in [1.82, 2.24) is 0 Å². The lowest BCUT2D eigenvalue weighted by Gasteiger charge is -2.22. The van der Waals surface area contributed by atoms with E-state index in [4.69, 9.17) is 0 Å². The van der Waals surface area contributed by atoms with Gasteiger partial charge in [-0.25, -0.2) is 13.2 Å². The molecule has 4 rings (SSSR count). The molecule has 156 valence electrons. The van der Waals surface area contributed by atoms with E-state index in [1.54, 1.807) is 0 Å². The molecule has 3 N–H and O–H groups in total. The number of nitrogens with one attached hydrogen (secondary N) is 1. The fraction of sp³-hybridized carbons (Fsp3) is 0. The Balaban J connectivity index is 1.90. The molecule has 0 spiro atoms. The summed E-state index contributed by atoms with van der Waals surface area (Å²) in [4.78, 5) is 35.4. The Kier molecular flexibility index (Phi) is 4.38. The van der Waals surface area contributed by atoms with Crippen LogP contribution in [0.3, 0.4) is 0 Å². The minimum Gasteiger partial charge on any atom is -0.507 e. The lowest BCUT2D eigenvalue weighted by atomic mass is 9.82.